The first-order chi connectivity index (χ1) is 9.01. The Kier molecular flexibility index (Phi) is 4.18. The number of nitrogens with one attached hydrogen (secondary N) is 1. The Morgan fingerprint density at radius 2 is 1.84 bits per heavy atom. The topological polar surface area (TPSA) is 76.4 Å². The van der Waals surface area contributed by atoms with Crippen LogP contribution in [0, 0.1) is 0 Å². The fourth-order valence-electron chi connectivity index (χ4n) is 1.39. The van der Waals surface area contributed by atoms with Crippen LogP contribution in [0.2, 0.25) is 0 Å². The first-order valence-corrected chi connectivity index (χ1v) is 7.58. The molecule has 7 heteroatoms. The number of rotatable bonds is 5. The van der Waals surface area contributed by atoms with Crippen LogP contribution in [-0.2, 0) is 16.6 Å². The highest BCUT2D eigenvalue weighted by molar-refractivity contribution is 9.10. The Labute approximate surface area is 118 Å². The molecule has 5 nitrogen and oxygen atoms in total. The van der Waals surface area contributed by atoms with Gasteiger partial charge in [-0.3, -0.25) is 4.79 Å². The molecule has 0 spiro atoms. The molecule has 1 N–H and O–H groups in total. The molecule has 1 aromatic heterocycles. The van der Waals surface area contributed by atoms with Crippen molar-refractivity contribution >= 4 is 32.2 Å². The van der Waals surface area contributed by atoms with Gasteiger partial charge in [-0.1, -0.05) is 28.1 Å². The summed E-state index contributed by atoms with van der Waals surface area (Å²) in [4.78, 5) is 10.4. The molecule has 0 aliphatic carbocycles. The molecular weight excluding hydrogens is 334 g/mol. The highest BCUT2D eigenvalue weighted by Crippen LogP contribution is 2.14. The molecule has 19 heavy (non-hydrogen) atoms. The Morgan fingerprint density at radius 3 is 2.42 bits per heavy atom. The molecule has 2 aromatic rings. The molecule has 1 aromatic carbocycles. The van der Waals surface area contributed by atoms with Gasteiger partial charge >= 0.3 is 0 Å². The maximum atomic E-state index is 11.9. The molecule has 0 atom stereocenters. The summed E-state index contributed by atoms with van der Waals surface area (Å²) in [5, 5.41) is -0.272. The Hall–Kier alpha value is -1.44. The van der Waals surface area contributed by atoms with Crippen LogP contribution in [0.1, 0.15) is 16.1 Å². The lowest BCUT2D eigenvalue weighted by atomic mass is 10.2. The summed E-state index contributed by atoms with van der Waals surface area (Å²) in [6, 6.07) is 9.79. The first kappa shape index (κ1) is 14.0. The SMILES string of the molecule is O=Cc1ccc(S(=O)(=O)NCc2ccc(Br)cc2)o1. The fourth-order valence-corrected chi connectivity index (χ4v) is 2.61. The number of halogens is 1. The lowest BCUT2D eigenvalue weighted by molar-refractivity contribution is 0.109. The summed E-state index contributed by atoms with van der Waals surface area (Å²) in [6.45, 7) is 0.146. The van der Waals surface area contributed by atoms with Crippen molar-refractivity contribution in [2.75, 3.05) is 0 Å². The van der Waals surface area contributed by atoms with Gasteiger partial charge in [-0.05, 0) is 29.8 Å². The van der Waals surface area contributed by atoms with Gasteiger partial charge in [-0.25, -0.2) is 13.1 Å². The summed E-state index contributed by atoms with van der Waals surface area (Å²) in [5.41, 5.74) is 0.814. The molecule has 0 bridgehead atoms. The minimum atomic E-state index is -3.75. The van der Waals surface area contributed by atoms with E-state index in [2.05, 4.69) is 20.7 Å². The number of benzene rings is 1. The van der Waals surface area contributed by atoms with E-state index >= 15 is 0 Å². The van der Waals surface area contributed by atoms with Crippen molar-refractivity contribution in [3.8, 4) is 0 Å². The van der Waals surface area contributed by atoms with Crippen LogP contribution in [0.15, 0.2) is 50.4 Å². The third kappa shape index (κ3) is 3.52. The minimum absolute atomic E-state index is 0.0241. The minimum Gasteiger partial charge on any atom is -0.440 e. The number of aldehydes is 1. The normalized spacial score (nSPS) is 11.4. The van der Waals surface area contributed by atoms with Gasteiger partial charge in [0.05, 0.1) is 0 Å². The second kappa shape index (κ2) is 5.68. The molecule has 0 aliphatic rings. The van der Waals surface area contributed by atoms with Crippen LogP contribution in [0.25, 0.3) is 0 Å². The van der Waals surface area contributed by atoms with E-state index in [1.165, 1.54) is 12.1 Å². The first-order valence-electron chi connectivity index (χ1n) is 5.30. The highest BCUT2D eigenvalue weighted by atomic mass is 79.9. The summed E-state index contributed by atoms with van der Waals surface area (Å²) < 4.78 is 31.9. The molecule has 0 saturated carbocycles. The molecule has 1 heterocycles. The van der Waals surface area contributed by atoms with E-state index in [1.54, 1.807) is 12.1 Å². The standard InChI is InChI=1S/C12H10BrNO4S/c13-10-3-1-9(2-4-10)7-14-19(16,17)12-6-5-11(8-15)18-12/h1-6,8,14H,7H2. The zero-order valence-corrected chi connectivity index (χ0v) is 12.1. The van der Waals surface area contributed by atoms with Gasteiger partial charge in [-0.2, -0.15) is 0 Å². The van der Waals surface area contributed by atoms with E-state index < -0.39 is 10.0 Å². The van der Waals surface area contributed by atoms with E-state index in [4.69, 9.17) is 4.42 Å². The highest BCUT2D eigenvalue weighted by Gasteiger charge is 2.18. The summed E-state index contributed by atoms with van der Waals surface area (Å²) in [7, 11) is -3.75. The largest absolute Gasteiger partial charge is 0.440 e. The van der Waals surface area contributed by atoms with Gasteiger partial charge in [-0.15, -0.1) is 0 Å². The zero-order valence-electron chi connectivity index (χ0n) is 9.67. The zero-order chi connectivity index (χ0) is 13.9. The van der Waals surface area contributed by atoms with Crippen LogP contribution < -0.4 is 4.72 Å². The second-order valence-electron chi connectivity index (χ2n) is 3.73. The lowest BCUT2D eigenvalue weighted by Gasteiger charge is -2.04. The van der Waals surface area contributed by atoms with Crippen LogP contribution >= 0.6 is 15.9 Å². The number of furan rings is 1. The predicted molar refractivity (Wildman–Crippen MR) is 72.3 cm³/mol. The molecule has 0 aliphatic heterocycles. The van der Waals surface area contributed by atoms with Gasteiger partial charge < -0.3 is 4.42 Å². The maximum absolute atomic E-state index is 11.9. The molecule has 0 saturated heterocycles. The number of hydrogen-bond donors (Lipinski definition) is 1. The summed E-state index contributed by atoms with van der Waals surface area (Å²) in [6.07, 6.45) is 0.452. The van der Waals surface area contributed by atoms with Crippen LogP contribution in [0.5, 0.6) is 0 Å². The Morgan fingerprint density at radius 1 is 1.16 bits per heavy atom. The van der Waals surface area contributed by atoms with Gasteiger partial charge in [0, 0.05) is 11.0 Å². The number of hydrogen-bond acceptors (Lipinski definition) is 4. The predicted octanol–water partition coefficient (Wildman–Crippen LogP) is 2.33. The Balaban J connectivity index is 2.09. The third-order valence-electron chi connectivity index (χ3n) is 2.36. The van der Waals surface area contributed by atoms with Crippen molar-refractivity contribution < 1.29 is 17.6 Å². The molecule has 0 fully saturated rings. The Bertz CT molecular complexity index is 676. The molecule has 0 radical (unpaired) electrons. The maximum Gasteiger partial charge on any atom is 0.274 e. The quantitative estimate of drug-likeness (QED) is 0.845. The average molecular weight is 344 g/mol. The van der Waals surface area contributed by atoms with E-state index in [9.17, 15) is 13.2 Å². The molecule has 0 unspecified atom stereocenters. The van der Waals surface area contributed by atoms with Crippen molar-refractivity contribution in [3.05, 3.63) is 52.2 Å². The van der Waals surface area contributed by atoms with Gasteiger partial charge in [0.15, 0.2) is 12.0 Å². The number of carbonyl (C=O) groups excluding carboxylic acids is 1. The molecule has 100 valence electrons. The van der Waals surface area contributed by atoms with E-state index in [0.29, 0.717) is 6.29 Å². The van der Waals surface area contributed by atoms with Crippen molar-refractivity contribution in [3.63, 3.8) is 0 Å². The molecular formula is C12H10BrNO4S. The second-order valence-corrected chi connectivity index (χ2v) is 6.34. The van der Waals surface area contributed by atoms with Crippen LogP contribution in [0.4, 0.5) is 0 Å². The molecule has 2 rings (SSSR count). The third-order valence-corrected chi connectivity index (χ3v) is 4.16. The van der Waals surface area contributed by atoms with Gasteiger partial charge in [0.25, 0.3) is 10.0 Å². The van der Waals surface area contributed by atoms with Crippen molar-refractivity contribution in [2.45, 2.75) is 11.6 Å². The lowest BCUT2D eigenvalue weighted by Crippen LogP contribution is -2.22. The van der Waals surface area contributed by atoms with Crippen molar-refractivity contribution in [1.82, 2.24) is 4.72 Å². The van der Waals surface area contributed by atoms with Gasteiger partial charge in [0.2, 0.25) is 5.09 Å². The number of carbonyl (C=O) groups is 1. The van der Waals surface area contributed by atoms with E-state index in [-0.39, 0.29) is 17.4 Å². The molecule has 0 amide bonds. The van der Waals surface area contributed by atoms with Gasteiger partial charge in [0.1, 0.15) is 0 Å². The van der Waals surface area contributed by atoms with E-state index in [0.717, 1.165) is 10.0 Å². The monoisotopic (exact) mass is 343 g/mol. The smallest absolute Gasteiger partial charge is 0.274 e. The number of sulfonamides is 1. The van der Waals surface area contributed by atoms with Crippen LogP contribution in [-0.4, -0.2) is 14.7 Å². The van der Waals surface area contributed by atoms with Crippen molar-refractivity contribution in [1.29, 1.82) is 0 Å². The van der Waals surface area contributed by atoms with Crippen molar-refractivity contribution in [2.24, 2.45) is 0 Å². The summed E-state index contributed by atoms with van der Waals surface area (Å²) in [5.74, 6) is -0.0241. The van der Waals surface area contributed by atoms with E-state index in [1.807, 2.05) is 12.1 Å². The average Bonchev–Trinajstić information content (AvgIpc) is 2.88. The fraction of sp³-hybridized carbons (Fsp3) is 0.0833. The summed E-state index contributed by atoms with van der Waals surface area (Å²) >= 11 is 3.30. The van der Waals surface area contributed by atoms with Crippen LogP contribution in [0.3, 0.4) is 0 Å².